The maximum atomic E-state index is 12.1. The Bertz CT molecular complexity index is 956. The van der Waals surface area contributed by atoms with Crippen LogP contribution >= 0.6 is 0 Å². The molecule has 0 spiro atoms. The van der Waals surface area contributed by atoms with Crippen molar-refractivity contribution in [2.45, 2.75) is 19.6 Å². The number of phenols is 1. The Morgan fingerprint density at radius 1 is 1.00 bits per heavy atom. The number of carbonyl (C=O) groups excluding carboxylic acids is 1. The quantitative estimate of drug-likeness (QED) is 0.452. The Hall–Kier alpha value is -3.80. The largest absolute Gasteiger partial charge is 0.507 e. The summed E-state index contributed by atoms with van der Waals surface area (Å²) in [4.78, 5) is 12.1. The highest BCUT2D eigenvalue weighted by Gasteiger charge is 2.14. The Morgan fingerprint density at radius 3 is 2.38 bits per heavy atom. The smallest absolute Gasteiger partial charge is 0.280 e. The zero-order valence-electron chi connectivity index (χ0n) is 16.0. The van der Waals surface area contributed by atoms with Crippen LogP contribution in [0.15, 0.2) is 84.0 Å². The first kappa shape index (κ1) is 19.9. The Labute approximate surface area is 169 Å². The molecule has 1 amide bonds. The van der Waals surface area contributed by atoms with Crippen LogP contribution in [0.5, 0.6) is 17.2 Å². The molecule has 0 heterocycles. The van der Waals surface area contributed by atoms with Crippen molar-refractivity contribution in [3.63, 3.8) is 0 Å². The number of ether oxygens (including phenoxy) is 2. The number of nitrogens with zero attached hydrogens (tertiary/aromatic N) is 1. The van der Waals surface area contributed by atoms with Crippen molar-refractivity contribution >= 4 is 12.1 Å². The van der Waals surface area contributed by atoms with Gasteiger partial charge in [0.15, 0.2) is 6.10 Å². The maximum absolute atomic E-state index is 12.1. The number of nitrogens with one attached hydrogen (secondary N) is 1. The van der Waals surface area contributed by atoms with Gasteiger partial charge >= 0.3 is 0 Å². The van der Waals surface area contributed by atoms with Crippen LogP contribution in [0.2, 0.25) is 0 Å². The first-order valence-electron chi connectivity index (χ1n) is 9.16. The van der Waals surface area contributed by atoms with E-state index in [4.69, 9.17) is 9.47 Å². The number of rotatable bonds is 8. The summed E-state index contributed by atoms with van der Waals surface area (Å²) in [5.74, 6) is 0.945. The number of phenolic OH excluding ortho intramolecular Hbond substituents is 1. The number of hydrogen-bond donors (Lipinski definition) is 2. The molecule has 0 aliphatic rings. The molecule has 2 N–H and O–H groups in total. The van der Waals surface area contributed by atoms with Crippen LogP contribution in [0.25, 0.3) is 0 Å². The van der Waals surface area contributed by atoms with E-state index in [-0.39, 0.29) is 5.75 Å². The SMILES string of the molecule is C[C@@H](Oc1ccc(OCc2ccccc2)cc1)C(=O)N/N=C\c1ccccc1O. The molecule has 148 valence electrons. The summed E-state index contributed by atoms with van der Waals surface area (Å²) in [5.41, 5.74) is 3.99. The molecule has 0 fully saturated rings. The first-order chi connectivity index (χ1) is 14.1. The van der Waals surface area contributed by atoms with Crippen LogP contribution in [-0.4, -0.2) is 23.3 Å². The van der Waals surface area contributed by atoms with Crippen molar-refractivity contribution in [2.75, 3.05) is 0 Å². The number of hydrazone groups is 1. The number of benzene rings is 3. The predicted molar refractivity (Wildman–Crippen MR) is 111 cm³/mol. The molecule has 0 aliphatic carbocycles. The van der Waals surface area contributed by atoms with Gasteiger partial charge in [-0.15, -0.1) is 0 Å². The monoisotopic (exact) mass is 390 g/mol. The lowest BCUT2D eigenvalue weighted by Crippen LogP contribution is -2.33. The zero-order chi connectivity index (χ0) is 20.5. The van der Waals surface area contributed by atoms with Gasteiger partial charge in [0.25, 0.3) is 5.91 Å². The standard InChI is InChI=1S/C23H22N2O4/c1-17(23(27)25-24-15-19-9-5-6-10-22(19)26)29-21-13-11-20(12-14-21)28-16-18-7-3-2-4-8-18/h2-15,17,26H,16H2,1H3,(H,25,27)/b24-15-/t17-/m1/s1. The van der Waals surface area contributed by atoms with Gasteiger partial charge in [-0.25, -0.2) is 5.43 Å². The summed E-state index contributed by atoms with van der Waals surface area (Å²) >= 11 is 0. The molecule has 1 atom stereocenters. The molecule has 29 heavy (non-hydrogen) atoms. The van der Waals surface area contributed by atoms with Crippen molar-refractivity contribution in [3.05, 3.63) is 90.0 Å². The molecule has 3 aromatic rings. The minimum absolute atomic E-state index is 0.0874. The van der Waals surface area contributed by atoms with E-state index in [0.29, 0.717) is 23.7 Å². The van der Waals surface area contributed by atoms with Crippen molar-refractivity contribution in [2.24, 2.45) is 5.10 Å². The summed E-state index contributed by atoms with van der Waals surface area (Å²) < 4.78 is 11.4. The third kappa shape index (κ3) is 6.10. The van der Waals surface area contributed by atoms with Crippen molar-refractivity contribution in [3.8, 4) is 17.2 Å². The van der Waals surface area contributed by atoms with Crippen molar-refractivity contribution in [1.82, 2.24) is 5.43 Å². The minimum atomic E-state index is -0.743. The number of hydrogen-bond acceptors (Lipinski definition) is 5. The van der Waals surface area contributed by atoms with E-state index in [1.165, 1.54) is 6.21 Å². The van der Waals surface area contributed by atoms with E-state index in [1.54, 1.807) is 55.5 Å². The van der Waals surface area contributed by atoms with Gasteiger partial charge in [0, 0.05) is 5.56 Å². The van der Waals surface area contributed by atoms with Crippen LogP contribution < -0.4 is 14.9 Å². The summed E-state index contributed by atoms with van der Waals surface area (Å²) in [6.07, 6.45) is 0.631. The molecule has 0 unspecified atom stereocenters. The molecule has 3 aromatic carbocycles. The van der Waals surface area contributed by atoms with Gasteiger partial charge in [0.1, 0.15) is 23.9 Å². The number of carbonyl (C=O) groups is 1. The average molecular weight is 390 g/mol. The summed E-state index contributed by atoms with van der Waals surface area (Å²) in [7, 11) is 0. The highest BCUT2D eigenvalue weighted by molar-refractivity contribution is 5.86. The topological polar surface area (TPSA) is 80.2 Å². The van der Waals surface area contributed by atoms with Crippen LogP contribution in [0.4, 0.5) is 0 Å². The molecule has 6 heteroatoms. The summed E-state index contributed by atoms with van der Waals surface area (Å²) in [6, 6.07) is 23.7. The van der Waals surface area contributed by atoms with Crippen LogP contribution in [0.3, 0.4) is 0 Å². The Kier molecular flexibility index (Phi) is 6.84. The van der Waals surface area contributed by atoms with Gasteiger partial charge < -0.3 is 14.6 Å². The fourth-order valence-electron chi connectivity index (χ4n) is 2.47. The van der Waals surface area contributed by atoms with Gasteiger partial charge in [0.2, 0.25) is 0 Å². The number of para-hydroxylation sites is 1. The second-order valence-corrected chi connectivity index (χ2v) is 6.30. The molecule has 0 saturated heterocycles. The van der Waals surface area contributed by atoms with Gasteiger partial charge in [0.05, 0.1) is 6.21 Å². The fourth-order valence-corrected chi connectivity index (χ4v) is 2.47. The fraction of sp³-hybridized carbons (Fsp3) is 0.130. The maximum Gasteiger partial charge on any atom is 0.280 e. The van der Waals surface area contributed by atoms with Crippen LogP contribution in [-0.2, 0) is 11.4 Å². The average Bonchev–Trinajstić information content (AvgIpc) is 2.75. The van der Waals surface area contributed by atoms with Gasteiger partial charge in [-0.05, 0) is 48.9 Å². The lowest BCUT2D eigenvalue weighted by Gasteiger charge is -2.13. The van der Waals surface area contributed by atoms with E-state index in [9.17, 15) is 9.90 Å². The van der Waals surface area contributed by atoms with E-state index >= 15 is 0 Å². The van der Waals surface area contributed by atoms with E-state index in [0.717, 1.165) is 5.56 Å². The van der Waals surface area contributed by atoms with Gasteiger partial charge in [-0.1, -0.05) is 42.5 Å². The van der Waals surface area contributed by atoms with Gasteiger partial charge in [-0.3, -0.25) is 4.79 Å². The molecule has 6 nitrogen and oxygen atoms in total. The third-order valence-corrected chi connectivity index (χ3v) is 4.07. The lowest BCUT2D eigenvalue weighted by atomic mass is 10.2. The highest BCUT2D eigenvalue weighted by atomic mass is 16.5. The van der Waals surface area contributed by atoms with Crippen LogP contribution in [0.1, 0.15) is 18.1 Å². The summed E-state index contributed by atoms with van der Waals surface area (Å²) in [5, 5.41) is 13.5. The molecule has 0 aliphatic heterocycles. The molecule has 0 aromatic heterocycles. The molecular formula is C23H22N2O4. The number of amides is 1. The molecule has 3 rings (SSSR count). The number of aromatic hydroxyl groups is 1. The van der Waals surface area contributed by atoms with E-state index in [2.05, 4.69) is 10.5 Å². The third-order valence-electron chi connectivity index (χ3n) is 4.07. The first-order valence-corrected chi connectivity index (χ1v) is 9.16. The van der Waals surface area contributed by atoms with E-state index in [1.807, 2.05) is 30.3 Å². The second-order valence-electron chi connectivity index (χ2n) is 6.30. The van der Waals surface area contributed by atoms with E-state index < -0.39 is 12.0 Å². The second kappa shape index (κ2) is 9.94. The highest BCUT2D eigenvalue weighted by Crippen LogP contribution is 2.20. The Morgan fingerprint density at radius 2 is 1.66 bits per heavy atom. The minimum Gasteiger partial charge on any atom is -0.507 e. The Balaban J connectivity index is 1.47. The lowest BCUT2D eigenvalue weighted by molar-refractivity contribution is -0.127. The predicted octanol–water partition coefficient (Wildman–Crippen LogP) is 3.89. The normalized spacial score (nSPS) is 11.8. The molecule has 0 bridgehead atoms. The van der Waals surface area contributed by atoms with Crippen LogP contribution in [0, 0.1) is 0 Å². The molecule has 0 radical (unpaired) electrons. The van der Waals surface area contributed by atoms with Crippen molar-refractivity contribution < 1.29 is 19.4 Å². The summed E-state index contributed by atoms with van der Waals surface area (Å²) in [6.45, 7) is 2.11. The molecular weight excluding hydrogens is 368 g/mol. The molecule has 0 saturated carbocycles. The zero-order valence-corrected chi connectivity index (χ0v) is 16.0. The van der Waals surface area contributed by atoms with Gasteiger partial charge in [-0.2, -0.15) is 5.10 Å². The van der Waals surface area contributed by atoms with Crippen molar-refractivity contribution in [1.29, 1.82) is 0 Å².